The first-order valence-corrected chi connectivity index (χ1v) is 7.12. The van der Waals surface area contributed by atoms with Crippen molar-refractivity contribution in [2.45, 2.75) is 32.1 Å². The van der Waals surface area contributed by atoms with E-state index in [1.807, 2.05) is 12.1 Å². The molecule has 0 aliphatic carbocycles. The summed E-state index contributed by atoms with van der Waals surface area (Å²) in [6, 6.07) is 7.26. The molecule has 1 aliphatic heterocycles. The van der Waals surface area contributed by atoms with Gasteiger partial charge in [0.25, 0.3) is 0 Å². The van der Waals surface area contributed by atoms with E-state index in [0.29, 0.717) is 12.1 Å². The highest BCUT2D eigenvalue weighted by Crippen LogP contribution is 2.12. The van der Waals surface area contributed by atoms with Crippen LogP contribution < -0.4 is 11.1 Å². The van der Waals surface area contributed by atoms with Gasteiger partial charge in [-0.3, -0.25) is 4.79 Å². The molecule has 104 valence electrons. The molecule has 0 radical (unpaired) electrons. The highest BCUT2D eigenvalue weighted by atomic mass is 16.1. The van der Waals surface area contributed by atoms with Crippen molar-refractivity contribution in [2.75, 3.05) is 30.7 Å². The number of carbonyl (C=O) groups excluding carboxylic acids is 1. The Morgan fingerprint density at radius 2 is 1.74 bits per heavy atom. The van der Waals surface area contributed by atoms with Gasteiger partial charge in [-0.15, -0.1) is 0 Å². The molecular formula is C15H23N3O. The van der Waals surface area contributed by atoms with Gasteiger partial charge in [0.2, 0.25) is 5.91 Å². The molecule has 0 saturated carbocycles. The second kappa shape index (κ2) is 7.14. The fourth-order valence-electron chi connectivity index (χ4n) is 2.41. The van der Waals surface area contributed by atoms with E-state index in [4.69, 9.17) is 5.73 Å². The number of nitrogens with one attached hydrogen (secondary N) is 1. The summed E-state index contributed by atoms with van der Waals surface area (Å²) >= 11 is 0. The zero-order valence-corrected chi connectivity index (χ0v) is 11.4. The van der Waals surface area contributed by atoms with Crippen molar-refractivity contribution in [2.24, 2.45) is 0 Å². The van der Waals surface area contributed by atoms with Gasteiger partial charge in [-0.05, 0) is 50.2 Å². The minimum Gasteiger partial charge on any atom is -0.399 e. The van der Waals surface area contributed by atoms with Gasteiger partial charge < -0.3 is 16.0 Å². The summed E-state index contributed by atoms with van der Waals surface area (Å²) in [5.74, 6) is 0.0778. The van der Waals surface area contributed by atoms with Crippen LogP contribution in [0.15, 0.2) is 24.3 Å². The van der Waals surface area contributed by atoms with E-state index in [1.165, 1.54) is 25.7 Å². The van der Waals surface area contributed by atoms with Gasteiger partial charge in [-0.25, -0.2) is 0 Å². The van der Waals surface area contributed by atoms with Crippen molar-refractivity contribution in [1.29, 1.82) is 0 Å². The molecule has 3 N–H and O–H groups in total. The van der Waals surface area contributed by atoms with Gasteiger partial charge in [0.15, 0.2) is 0 Å². The lowest BCUT2D eigenvalue weighted by Crippen LogP contribution is -2.28. The Bertz CT molecular complexity index is 394. The van der Waals surface area contributed by atoms with E-state index in [0.717, 1.165) is 25.3 Å². The standard InChI is InChI=1S/C15H23N3O/c16-13-5-7-14(8-6-13)17-15(19)9-12-18-10-3-1-2-4-11-18/h5-8H,1-4,9-12,16H2,(H,17,19). The molecule has 1 aromatic carbocycles. The number of nitrogens with two attached hydrogens (primary N) is 1. The maximum Gasteiger partial charge on any atom is 0.225 e. The van der Waals surface area contributed by atoms with Crippen LogP contribution in [0.2, 0.25) is 0 Å². The third-order valence-electron chi connectivity index (χ3n) is 3.55. The quantitative estimate of drug-likeness (QED) is 0.819. The summed E-state index contributed by atoms with van der Waals surface area (Å²) < 4.78 is 0. The number of hydrogen-bond acceptors (Lipinski definition) is 3. The second-order valence-electron chi connectivity index (χ2n) is 5.18. The molecule has 1 fully saturated rings. The van der Waals surface area contributed by atoms with E-state index < -0.39 is 0 Å². The van der Waals surface area contributed by atoms with E-state index in [2.05, 4.69) is 10.2 Å². The van der Waals surface area contributed by atoms with E-state index in [-0.39, 0.29) is 5.91 Å². The largest absolute Gasteiger partial charge is 0.399 e. The van der Waals surface area contributed by atoms with Crippen LogP contribution in [0.25, 0.3) is 0 Å². The molecule has 1 amide bonds. The highest BCUT2D eigenvalue weighted by molar-refractivity contribution is 5.90. The van der Waals surface area contributed by atoms with E-state index in [1.54, 1.807) is 12.1 Å². The molecule has 1 saturated heterocycles. The molecule has 0 spiro atoms. The Balaban J connectivity index is 1.73. The van der Waals surface area contributed by atoms with Crippen LogP contribution in [0, 0.1) is 0 Å². The van der Waals surface area contributed by atoms with Crippen molar-refractivity contribution in [3.8, 4) is 0 Å². The highest BCUT2D eigenvalue weighted by Gasteiger charge is 2.10. The lowest BCUT2D eigenvalue weighted by molar-refractivity contribution is -0.116. The Labute approximate surface area is 115 Å². The van der Waals surface area contributed by atoms with Gasteiger partial charge in [-0.2, -0.15) is 0 Å². The maximum absolute atomic E-state index is 11.9. The summed E-state index contributed by atoms with van der Waals surface area (Å²) in [6.45, 7) is 3.13. The molecule has 1 aliphatic rings. The van der Waals surface area contributed by atoms with Gasteiger partial charge in [0, 0.05) is 24.3 Å². The Hall–Kier alpha value is -1.55. The summed E-state index contributed by atoms with van der Waals surface area (Å²) in [4.78, 5) is 14.3. The van der Waals surface area contributed by atoms with Crippen LogP contribution in [0.3, 0.4) is 0 Å². The van der Waals surface area contributed by atoms with Crippen molar-refractivity contribution in [3.05, 3.63) is 24.3 Å². The Kier molecular flexibility index (Phi) is 5.21. The SMILES string of the molecule is Nc1ccc(NC(=O)CCN2CCCCCC2)cc1. The first-order valence-electron chi connectivity index (χ1n) is 7.12. The third kappa shape index (κ3) is 4.91. The van der Waals surface area contributed by atoms with Crippen LogP contribution in [0.4, 0.5) is 11.4 Å². The number of rotatable bonds is 4. The number of carbonyl (C=O) groups is 1. The van der Waals surface area contributed by atoms with Crippen LogP contribution in [-0.2, 0) is 4.79 Å². The van der Waals surface area contributed by atoms with Gasteiger partial charge in [0.05, 0.1) is 0 Å². The number of amides is 1. The summed E-state index contributed by atoms with van der Waals surface area (Å²) in [6.07, 6.45) is 5.74. The summed E-state index contributed by atoms with van der Waals surface area (Å²) in [5.41, 5.74) is 7.13. The van der Waals surface area contributed by atoms with Crippen LogP contribution >= 0.6 is 0 Å². The van der Waals surface area contributed by atoms with Gasteiger partial charge in [0.1, 0.15) is 0 Å². The summed E-state index contributed by atoms with van der Waals surface area (Å²) in [5, 5.41) is 2.90. The average molecular weight is 261 g/mol. The molecule has 0 bridgehead atoms. The van der Waals surface area contributed by atoms with Crippen LogP contribution in [0.5, 0.6) is 0 Å². The van der Waals surface area contributed by atoms with E-state index >= 15 is 0 Å². The predicted octanol–water partition coefficient (Wildman–Crippen LogP) is 2.47. The van der Waals surface area contributed by atoms with E-state index in [9.17, 15) is 4.79 Å². The first kappa shape index (κ1) is 13.9. The molecule has 2 rings (SSSR count). The molecule has 1 heterocycles. The molecule has 4 nitrogen and oxygen atoms in total. The normalized spacial score (nSPS) is 16.8. The summed E-state index contributed by atoms with van der Waals surface area (Å²) in [7, 11) is 0. The zero-order chi connectivity index (χ0) is 13.5. The number of anilines is 2. The molecule has 1 aromatic rings. The number of hydrogen-bond donors (Lipinski definition) is 2. The van der Waals surface area contributed by atoms with Crippen molar-refractivity contribution in [3.63, 3.8) is 0 Å². The smallest absolute Gasteiger partial charge is 0.225 e. The molecule has 0 atom stereocenters. The number of benzene rings is 1. The molecular weight excluding hydrogens is 238 g/mol. The monoisotopic (exact) mass is 261 g/mol. The Morgan fingerprint density at radius 3 is 2.37 bits per heavy atom. The topological polar surface area (TPSA) is 58.4 Å². The minimum absolute atomic E-state index is 0.0778. The maximum atomic E-state index is 11.9. The predicted molar refractivity (Wildman–Crippen MR) is 79.0 cm³/mol. The van der Waals surface area contributed by atoms with Crippen LogP contribution in [0.1, 0.15) is 32.1 Å². The van der Waals surface area contributed by atoms with Crippen molar-refractivity contribution < 1.29 is 4.79 Å². The van der Waals surface area contributed by atoms with Crippen molar-refractivity contribution >= 4 is 17.3 Å². The van der Waals surface area contributed by atoms with Gasteiger partial charge >= 0.3 is 0 Å². The average Bonchev–Trinajstić information content (AvgIpc) is 2.68. The van der Waals surface area contributed by atoms with Crippen molar-refractivity contribution in [1.82, 2.24) is 4.90 Å². The molecule has 4 heteroatoms. The molecule has 0 aromatic heterocycles. The third-order valence-corrected chi connectivity index (χ3v) is 3.55. The number of nitrogens with zero attached hydrogens (tertiary/aromatic N) is 1. The lowest BCUT2D eigenvalue weighted by Gasteiger charge is -2.19. The van der Waals surface area contributed by atoms with Crippen LogP contribution in [-0.4, -0.2) is 30.4 Å². The van der Waals surface area contributed by atoms with Gasteiger partial charge in [-0.1, -0.05) is 12.8 Å². The fourth-order valence-corrected chi connectivity index (χ4v) is 2.41. The lowest BCUT2D eigenvalue weighted by atomic mass is 10.2. The molecule has 0 unspecified atom stereocenters. The second-order valence-corrected chi connectivity index (χ2v) is 5.18. The number of likely N-dealkylation sites (tertiary alicyclic amines) is 1. The zero-order valence-electron chi connectivity index (χ0n) is 11.4. The Morgan fingerprint density at radius 1 is 1.11 bits per heavy atom. The fraction of sp³-hybridized carbons (Fsp3) is 0.533. The first-order chi connectivity index (χ1) is 9.24. The molecule has 19 heavy (non-hydrogen) atoms. The minimum atomic E-state index is 0.0778. The number of nitrogen functional groups attached to an aromatic ring is 1.